The van der Waals surface area contributed by atoms with Crippen LogP contribution in [-0.2, 0) is 11.3 Å². The molecule has 0 aliphatic carbocycles. The minimum absolute atomic E-state index is 0.506. The van der Waals surface area contributed by atoms with Crippen molar-refractivity contribution in [1.82, 2.24) is 9.55 Å². The van der Waals surface area contributed by atoms with E-state index >= 15 is 0 Å². The Bertz CT molecular complexity index is 273. The molecule has 0 spiro atoms. The molecule has 0 saturated carbocycles. The van der Waals surface area contributed by atoms with Gasteiger partial charge in [-0.15, -0.1) is 0 Å². The molecule has 0 saturated heterocycles. The van der Waals surface area contributed by atoms with E-state index in [-0.39, 0.29) is 0 Å². The van der Waals surface area contributed by atoms with Gasteiger partial charge in [-0.05, 0) is 12.3 Å². The average Bonchev–Trinajstić information content (AvgIpc) is 2.63. The zero-order valence-electron chi connectivity index (χ0n) is 9.86. The van der Waals surface area contributed by atoms with Gasteiger partial charge in [0.15, 0.2) is 0 Å². The van der Waals surface area contributed by atoms with Crippen molar-refractivity contribution in [2.24, 2.45) is 5.92 Å². The number of rotatable bonds is 7. The second-order valence-electron chi connectivity index (χ2n) is 3.89. The lowest BCUT2D eigenvalue weighted by atomic mass is 10.2. The molecule has 1 atom stereocenters. The van der Waals surface area contributed by atoms with Crippen molar-refractivity contribution in [3.8, 4) is 0 Å². The lowest BCUT2D eigenvalue weighted by molar-refractivity contribution is 0.151. The number of imidazole rings is 1. The van der Waals surface area contributed by atoms with Crippen molar-refractivity contribution in [1.29, 1.82) is 0 Å². The van der Waals surface area contributed by atoms with Crippen LogP contribution in [0.1, 0.15) is 20.3 Å². The molecule has 1 aromatic heterocycles. The van der Waals surface area contributed by atoms with Crippen molar-refractivity contribution >= 4 is 5.95 Å². The number of ether oxygens (including phenoxy) is 1. The van der Waals surface area contributed by atoms with E-state index in [2.05, 4.69) is 28.7 Å². The van der Waals surface area contributed by atoms with Crippen LogP contribution in [-0.4, -0.2) is 29.8 Å². The normalized spacial score (nSPS) is 12.7. The molecule has 4 heteroatoms. The van der Waals surface area contributed by atoms with Crippen LogP contribution in [0, 0.1) is 5.92 Å². The second kappa shape index (κ2) is 6.45. The Balaban J connectivity index is 2.48. The quantitative estimate of drug-likeness (QED) is 0.749. The molecule has 0 aliphatic rings. The molecule has 0 amide bonds. The van der Waals surface area contributed by atoms with Crippen molar-refractivity contribution < 1.29 is 4.74 Å². The minimum Gasteiger partial charge on any atom is -0.384 e. The number of nitrogens with zero attached hydrogens (tertiary/aromatic N) is 2. The van der Waals surface area contributed by atoms with Gasteiger partial charge in [0.1, 0.15) is 0 Å². The van der Waals surface area contributed by atoms with Crippen LogP contribution >= 0.6 is 0 Å². The number of aromatic nitrogens is 2. The average molecular weight is 211 g/mol. The first-order chi connectivity index (χ1) is 7.27. The lowest BCUT2D eigenvalue weighted by Gasteiger charge is -2.13. The predicted octanol–water partition coefficient (Wildman–Crippen LogP) is 1.99. The molecule has 4 nitrogen and oxygen atoms in total. The van der Waals surface area contributed by atoms with E-state index in [1.165, 1.54) is 0 Å². The fourth-order valence-corrected chi connectivity index (χ4v) is 1.53. The van der Waals surface area contributed by atoms with Gasteiger partial charge < -0.3 is 14.6 Å². The van der Waals surface area contributed by atoms with Crippen molar-refractivity contribution in [3.63, 3.8) is 0 Å². The van der Waals surface area contributed by atoms with Gasteiger partial charge in [-0.3, -0.25) is 0 Å². The highest BCUT2D eigenvalue weighted by Crippen LogP contribution is 2.08. The second-order valence-corrected chi connectivity index (χ2v) is 3.89. The third-order valence-electron chi connectivity index (χ3n) is 2.21. The number of nitrogens with one attached hydrogen (secondary N) is 1. The van der Waals surface area contributed by atoms with Crippen LogP contribution in [0.15, 0.2) is 12.4 Å². The Labute approximate surface area is 91.7 Å². The Hall–Kier alpha value is -1.03. The van der Waals surface area contributed by atoms with E-state index in [9.17, 15) is 0 Å². The summed E-state index contributed by atoms with van der Waals surface area (Å²) in [6.45, 7) is 7.02. The molecule has 0 aromatic carbocycles. The van der Waals surface area contributed by atoms with Crippen LogP contribution in [0.3, 0.4) is 0 Å². The first kappa shape index (κ1) is 12.0. The van der Waals surface area contributed by atoms with Gasteiger partial charge in [0, 0.05) is 32.6 Å². The molecular formula is C11H21N3O. The third-order valence-corrected chi connectivity index (χ3v) is 2.21. The zero-order chi connectivity index (χ0) is 11.1. The van der Waals surface area contributed by atoms with Crippen molar-refractivity contribution in [2.75, 3.05) is 25.6 Å². The van der Waals surface area contributed by atoms with Crippen LogP contribution in [0.2, 0.25) is 0 Å². The Morgan fingerprint density at radius 2 is 2.40 bits per heavy atom. The molecule has 1 heterocycles. The molecule has 86 valence electrons. The largest absolute Gasteiger partial charge is 0.384 e. The summed E-state index contributed by atoms with van der Waals surface area (Å²) in [5.41, 5.74) is 0. The van der Waals surface area contributed by atoms with E-state index in [4.69, 9.17) is 4.74 Å². The minimum atomic E-state index is 0.506. The fraction of sp³-hybridized carbons (Fsp3) is 0.727. The van der Waals surface area contributed by atoms with Gasteiger partial charge in [0.2, 0.25) is 5.95 Å². The molecule has 1 unspecified atom stereocenters. The molecule has 15 heavy (non-hydrogen) atoms. The maximum atomic E-state index is 5.12. The Morgan fingerprint density at radius 3 is 3.07 bits per heavy atom. The summed E-state index contributed by atoms with van der Waals surface area (Å²) in [6.07, 6.45) is 4.95. The summed E-state index contributed by atoms with van der Waals surface area (Å²) >= 11 is 0. The van der Waals surface area contributed by atoms with Crippen molar-refractivity contribution in [3.05, 3.63) is 12.4 Å². The summed E-state index contributed by atoms with van der Waals surface area (Å²) < 4.78 is 7.26. The maximum Gasteiger partial charge on any atom is 0.202 e. The molecule has 1 rings (SSSR count). The van der Waals surface area contributed by atoms with Gasteiger partial charge in [0.05, 0.1) is 6.61 Å². The van der Waals surface area contributed by atoms with Gasteiger partial charge in [-0.2, -0.15) is 0 Å². The first-order valence-corrected chi connectivity index (χ1v) is 5.51. The van der Waals surface area contributed by atoms with Gasteiger partial charge in [0.25, 0.3) is 0 Å². The summed E-state index contributed by atoms with van der Waals surface area (Å²) in [7, 11) is 1.74. The number of hydrogen-bond acceptors (Lipinski definition) is 3. The van der Waals surface area contributed by atoms with E-state index in [1.54, 1.807) is 7.11 Å². The van der Waals surface area contributed by atoms with E-state index in [1.807, 2.05) is 12.4 Å². The van der Waals surface area contributed by atoms with E-state index in [0.717, 1.165) is 32.1 Å². The predicted molar refractivity (Wildman–Crippen MR) is 62.0 cm³/mol. The van der Waals surface area contributed by atoms with Crippen LogP contribution < -0.4 is 5.32 Å². The summed E-state index contributed by atoms with van der Waals surface area (Å²) in [5, 5.41) is 3.30. The highest BCUT2D eigenvalue weighted by Gasteiger charge is 2.06. The van der Waals surface area contributed by atoms with E-state index in [0.29, 0.717) is 5.92 Å². The van der Waals surface area contributed by atoms with Gasteiger partial charge >= 0.3 is 0 Å². The SMILES string of the molecule is CCCNc1nccn1CC(C)COC. The Kier molecular flexibility index (Phi) is 5.18. The number of anilines is 1. The van der Waals surface area contributed by atoms with Crippen molar-refractivity contribution in [2.45, 2.75) is 26.8 Å². The third kappa shape index (κ3) is 3.91. The highest BCUT2D eigenvalue weighted by atomic mass is 16.5. The number of hydrogen-bond donors (Lipinski definition) is 1. The molecule has 1 N–H and O–H groups in total. The molecule has 0 aliphatic heterocycles. The summed E-state index contributed by atoms with van der Waals surface area (Å²) in [5.74, 6) is 1.46. The topological polar surface area (TPSA) is 39.1 Å². The summed E-state index contributed by atoms with van der Waals surface area (Å²) in [4.78, 5) is 4.28. The van der Waals surface area contributed by atoms with Gasteiger partial charge in [-0.1, -0.05) is 13.8 Å². The summed E-state index contributed by atoms with van der Waals surface area (Å²) in [6, 6.07) is 0. The van der Waals surface area contributed by atoms with Crippen LogP contribution in [0.25, 0.3) is 0 Å². The number of methoxy groups -OCH3 is 1. The Morgan fingerprint density at radius 1 is 1.60 bits per heavy atom. The van der Waals surface area contributed by atoms with Crippen LogP contribution in [0.5, 0.6) is 0 Å². The first-order valence-electron chi connectivity index (χ1n) is 5.51. The monoisotopic (exact) mass is 211 g/mol. The maximum absolute atomic E-state index is 5.12. The van der Waals surface area contributed by atoms with Crippen LogP contribution in [0.4, 0.5) is 5.95 Å². The van der Waals surface area contributed by atoms with E-state index < -0.39 is 0 Å². The molecule has 0 fully saturated rings. The molecule has 1 aromatic rings. The smallest absolute Gasteiger partial charge is 0.202 e. The molecule has 0 bridgehead atoms. The van der Waals surface area contributed by atoms with Gasteiger partial charge in [-0.25, -0.2) is 4.98 Å². The zero-order valence-corrected chi connectivity index (χ0v) is 9.86. The highest BCUT2D eigenvalue weighted by molar-refractivity contribution is 5.25. The standard InChI is InChI=1S/C11H21N3O/c1-4-5-12-11-13-6-7-14(11)8-10(2)9-15-3/h6-7,10H,4-5,8-9H2,1-3H3,(H,12,13). The fourth-order valence-electron chi connectivity index (χ4n) is 1.53. The lowest BCUT2D eigenvalue weighted by Crippen LogP contribution is -2.15. The molecular weight excluding hydrogens is 190 g/mol. The molecule has 0 radical (unpaired) electrons.